The Kier molecular flexibility index (Phi) is 11.6. The molecule has 1 aliphatic rings. The molecule has 1 heterocycles. The van der Waals surface area contributed by atoms with Crippen molar-refractivity contribution in [1.29, 1.82) is 0 Å². The van der Waals surface area contributed by atoms with Gasteiger partial charge in [0, 0.05) is 19.5 Å². The molecule has 1 fully saturated rings. The summed E-state index contributed by atoms with van der Waals surface area (Å²) < 4.78 is 28.5. The molecule has 3 rings (SSSR count). The Hall–Kier alpha value is -3.11. The summed E-state index contributed by atoms with van der Waals surface area (Å²) in [5, 5.41) is 12.7. The van der Waals surface area contributed by atoms with Crippen molar-refractivity contribution in [3.05, 3.63) is 54.1 Å². The molecule has 10 heteroatoms. The molecule has 0 aromatic heterocycles. The van der Waals surface area contributed by atoms with E-state index in [1.165, 1.54) is 9.31 Å². The lowest BCUT2D eigenvalue weighted by Crippen LogP contribution is -2.51. The first-order valence-corrected chi connectivity index (χ1v) is 16.0. The fourth-order valence-corrected chi connectivity index (χ4v) is 6.73. The number of hydrogen-bond acceptors (Lipinski definition) is 6. The van der Waals surface area contributed by atoms with E-state index in [1.54, 1.807) is 48.5 Å². The van der Waals surface area contributed by atoms with Crippen LogP contribution in [0.15, 0.2) is 53.4 Å². The first-order valence-electron chi connectivity index (χ1n) is 14.6. The Bertz CT molecular complexity index is 1260. The molecule has 1 aliphatic heterocycles. The predicted molar refractivity (Wildman–Crippen MR) is 162 cm³/mol. The summed E-state index contributed by atoms with van der Waals surface area (Å²) in [6.45, 7) is 12.2. The van der Waals surface area contributed by atoms with Crippen molar-refractivity contribution in [1.82, 2.24) is 15.3 Å². The van der Waals surface area contributed by atoms with Gasteiger partial charge in [0.25, 0.3) is 15.9 Å². The van der Waals surface area contributed by atoms with E-state index >= 15 is 0 Å². The van der Waals surface area contributed by atoms with Gasteiger partial charge in [-0.25, -0.2) is 8.42 Å². The van der Waals surface area contributed by atoms with Gasteiger partial charge >= 0.3 is 0 Å². The number of anilines is 1. The lowest BCUT2D eigenvalue weighted by molar-refractivity contribution is -0.143. The van der Waals surface area contributed by atoms with E-state index in [-0.39, 0.29) is 65.5 Å². The van der Waals surface area contributed by atoms with Crippen molar-refractivity contribution >= 4 is 27.5 Å². The number of nitrogens with one attached hydrogen (secondary N) is 1. The van der Waals surface area contributed by atoms with Crippen molar-refractivity contribution in [3.8, 4) is 5.75 Å². The quantitative estimate of drug-likeness (QED) is 0.336. The molecule has 2 aromatic carbocycles. The maximum atomic E-state index is 13.6. The zero-order valence-corrected chi connectivity index (χ0v) is 25.9. The van der Waals surface area contributed by atoms with Crippen LogP contribution in [0.1, 0.15) is 59.4 Å². The molecule has 0 radical (unpaired) electrons. The van der Waals surface area contributed by atoms with Crippen LogP contribution in [0.2, 0.25) is 0 Å². The fraction of sp³-hybridized carbons (Fsp3) is 0.548. The second-order valence-corrected chi connectivity index (χ2v) is 13.8. The highest BCUT2D eigenvalue weighted by atomic mass is 32.2. The van der Waals surface area contributed by atoms with Gasteiger partial charge in [-0.3, -0.25) is 29.2 Å². The van der Waals surface area contributed by atoms with E-state index in [0.29, 0.717) is 18.4 Å². The van der Waals surface area contributed by atoms with Crippen molar-refractivity contribution in [2.75, 3.05) is 37.0 Å². The SMILES string of the molecule is CC(C)CC(=O)N(C[C@H](C)Cc1cccc(N(CC(C)C)S(=O)(=O)c2ccccc2)c1O)NC(=O)CN1CCCC1. The molecule has 0 spiro atoms. The summed E-state index contributed by atoms with van der Waals surface area (Å²) in [6, 6.07) is 13.3. The van der Waals surface area contributed by atoms with Gasteiger partial charge in [-0.2, -0.15) is 0 Å². The maximum absolute atomic E-state index is 13.6. The van der Waals surface area contributed by atoms with E-state index in [0.717, 1.165) is 25.9 Å². The number of para-hydroxylation sites is 1. The summed E-state index contributed by atoms with van der Waals surface area (Å²) in [6.07, 6.45) is 2.83. The van der Waals surface area contributed by atoms with Crippen molar-refractivity contribution in [2.45, 2.75) is 65.2 Å². The summed E-state index contributed by atoms with van der Waals surface area (Å²) in [5.41, 5.74) is 3.62. The summed E-state index contributed by atoms with van der Waals surface area (Å²) in [5.74, 6) is -0.454. The molecule has 0 bridgehead atoms. The van der Waals surface area contributed by atoms with E-state index in [4.69, 9.17) is 0 Å². The number of aromatic hydroxyl groups is 1. The van der Waals surface area contributed by atoms with Gasteiger partial charge in [0.2, 0.25) is 5.91 Å². The molecule has 1 atom stereocenters. The van der Waals surface area contributed by atoms with Gasteiger partial charge < -0.3 is 5.11 Å². The Labute approximate surface area is 245 Å². The lowest BCUT2D eigenvalue weighted by Gasteiger charge is -2.29. The predicted octanol–water partition coefficient (Wildman–Crippen LogP) is 4.42. The lowest BCUT2D eigenvalue weighted by atomic mass is 9.99. The average molecular weight is 587 g/mol. The molecular formula is C31H46N4O5S. The Morgan fingerprint density at radius 2 is 1.59 bits per heavy atom. The molecule has 0 unspecified atom stereocenters. The first-order chi connectivity index (χ1) is 19.4. The highest BCUT2D eigenvalue weighted by Crippen LogP contribution is 2.36. The number of amides is 2. The molecule has 9 nitrogen and oxygen atoms in total. The van der Waals surface area contributed by atoms with Gasteiger partial charge in [0.05, 0.1) is 17.1 Å². The Balaban J connectivity index is 1.81. The number of phenols is 1. The number of hydrogen-bond donors (Lipinski definition) is 2. The standard InChI is InChI=1S/C31H46N4O5S/c1-23(2)18-30(37)34(32-29(36)22-33-16-9-10-17-33)21-25(5)19-26-12-11-15-28(31(26)38)35(20-24(3)4)41(39,40)27-13-7-6-8-14-27/h6-8,11-15,23-25,38H,9-10,16-22H2,1-5H3,(H,32,36)/t25-/m1/s1. The van der Waals surface area contributed by atoms with Crippen LogP contribution >= 0.6 is 0 Å². The molecule has 41 heavy (non-hydrogen) atoms. The number of hydrazine groups is 1. The van der Waals surface area contributed by atoms with Crippen LogP contribution in [0, 0.1) is 17.8 Å². The van der Waals surface area contributed by atoms with Crippen LogP contribution < -0.4 is 9.73 Å². The minimum atomic E-state index is -3.91. The monoisotopic (exact) mass is 586 g/mol. The van der Waals surface area contributed by atoms with Gasteiger partial charge in [0.1, 0.15) is 5.75 Å². The largest absolute Gasteiger partial charge is 0.505 e. The molecule has 226 valence electrons. The minimum absolute atomic E-state index is 0.0140. The first kappa shape index (κ1) is 32.4. The number of rotatable bonds is 13. The number of phenolic OH excluding ortho intramolecular Hbond substituents is 1. The van der Waals surface area contributed by atoms with Crippen molar-refractivity contribution < 1.29 is 23.1 Å². The smallest absolute Gasteiger partial charge is 0.264 e. The molecule has 0 aliphatic carbocycles. The zero-order chi connectivity index (χ0) is 30.2. The van der Waals surface area contributed by atoms with E-state index in [1.807, 2.05) is 34.6 Å². The van der Waals surface area contributed by atoms with Crippen molar-refractivity contribution in [2.24, 2.45) is 17.8 Å². The number of nitrogens with zero attached hydrogens (tertiary/aromatic N) is 3. The Morgan fingerprint density at radius 1 is 0.927 bits per heavy atom. The zero-order valence-electron chi connectivity index (χ0n) is 25.0. The highest BCUT2D eigenvalue weighted by Gasteiger charge is 2.29. The summed E-state index contributed by atoms with van der Waals surface area (Å²) in [4.78, 5) is 28.0. The topological polar surface area (TPSA) is 110 Å². The summed E-state index contributed by atoms with van der Waals surface area (Å²) >= 11 is 0. The molecule has 2 amide bonds. The normalized spacial score (nSPS) is 14.8. The highest BCUT2D eigenvalue weighted by molar-refractivity contribution is 7.92. The van der Waals surface area contributed by atoms with Crippen LogP contribution in [0.3, 0.4) is 0 Å². The number of likely N-dealkylation sites (tertiary alicyclic amines) is 1. The van der Waals surface area contributed by atoms with Crippen molar-refractivity contribution in [3.63, 3.8) is 0 Å². The van der Waals surface area contributed by atoms with Crippen LogP contribution in [-0.4, -0.2) is 68.0 Å². The number of sulfonamides is 1. The minimum Gasteiger partial charge on any atom is -0.505 e. The van der Waals surface area contributed by atoms with Crippen LogP contribution in [0.5, 0.6) is 5.75 Å². The van der Waals surface area contributed by atoms with E-state index in [9.17, 15) is 23.1 Å². The average Bonchev–Trinajstić information content (AvgIpc) is 3.41. The maximum Gasteiger partial charge on any atom is 0.264 e. The molecule has 0 saturated carbocycles. The summed E-state index contributed by atoms with van der Waals surface area (Å²) in [7, 11) is -3.91. The molecule has 1 saturated heterocycles. The fourth-order valence-electron chi connectivity index (χ4n) is 5.07. The second kappa shape index (κ2) is 14.7. The van der Waals surface area contributed by atoms with Gasteiger partial charge in [0.15, 0.2) is 0 Å². The van der Waals surface area contributed by atoms with Crippen LogP contribution in [0.4, 0.5) is 5.69 Å². The molecule has 2 N–H and O–H groups in total. The molecule has 2 aromatic rings. The number of benzene rings is 2. The second-order valence-electron chi connectivity index (χ2n) is 12.0. The van der Waals surface area contributed by atoms with Gasteiger partial charge in [-0.1, -0.05) is 65.0 Å². The molecular weight excluding hydrogens is 540 g/mol. The van der Waals surface area contributed by atoms with E-state index in [2.05, 4.69) is 10.3 Å². The number of carbonyl (C=O) groups is 2. The Morgan fingerprint density at radius 3 is 2.20 bits per heavy atom. The van der Waals surface area contributed by atoms with Gasteiger partial charge in [-0.15, -0.1) is 0 Å². The van der Waals surface area contributed by atoms with Gasteiger partial charge in [-0.05, 0) is 73.9 Å². The number of carbonyl (C=O) groups excluding carboxylic acids is 2. The van der Waals surface area contributed by atoms with Crippen LogP contribution in [0.25, 0.3) is 0 Å². The third-order valence-electron chi connectivity index (χ3n) is 7.00. The third-order valence-corrected chi connectivity index (χ3v) is 8.80. The third kappa shape index (κ3) is 9.19. The van der Waals surface area contributed by atoms with Crippen LogP contribution in [-0.2, 0) is 26.0 Å². The van der Waals surface area contributed by atoms with E-state index < -0.39 is 10.0 Å².